The molecule has 0 fully saturated rings. The lowest BCUT2D eigenvalue weighted by Crippen LogP contribution is -2.52. The minimum absolute atomic E-state index is 0.0842. The van der Waals surface area contributed by atoms with Gasteiger partial charge in [-0.1, -0.05) is 0 Å². The Labute approximate surface area is 100 Å². The third kappa shape index (κ3) is 7.67. The van der Waals surface area contributed by atoms with Crippen LogP contribution in [0.5, 0.6) is 0 Å². The second-order valence-electron chi connectivity index (χ2n) is 4.09. The van der Waals surface area contributed by atoms with Crippen LogP contribution in [0.3, 0.4) is 0 Å². The molecule has 17 heavy (non-hydrogen) atoms. The van der Waals surface area contributed by atoms with Gasteiger partial charge < -0.3 is 25.6 Å². The van der Waals surface area contributed by atoms with Gasteiger partial charge in [-0.05, 0) is 13.8 Å². The van der Waals surface area contributed by atoms with Crippen LogP contribution < -0.4 is 10.6 Å². The zero-order valence-electron chi connectivity index (χ0n) is 10.2. The molecule has 0 radical (unpaired) electrons. The van der Waals surface area contributed by atoms with Gasteiger partial charge in [0.05, 0.1) is 32.0 Å². The third-order valence-corrected chi connectivity index (χ3v) is 1.82. The summed E-state index contributed by atoms with van der Waals surface area (Å²) < 4.78 is 4.90. The van der Waals surface area contributed by atoms with Crippen molar-refractivity contribution >= 4 is 11.8 Å². The van der Waals surface area contributed by atoms with Crippen LogP contribution in [0.2, 0.25) is 0 Å². The number of carbonyl (C=O) groups is 2. The number of rotatable bonds is 7. The van der Waals surface area contributed by atoms with E-state index in [2.05, 4.69) is 10.6 Å². The summed E-state index contributed by atoms with van der Waals surface area (Å²) in [5.41, 5.74) is -0.832. The Balaban J connectivity index is 3.79. The molecule has 0 bridgehead atoms. The first-order valence-corrected chi connectivity index (χ1v) is 5.33. The van der Waals surface area contributed by atoms with E-state index in [1.165, 1.54) is 0 Å². The summed E-state index contributed by atoms with van der Waals surface area (Å²) in [4.78, 5) is 22.6. The number of aliphatic hydroxyl groups excluding tert-OH is 2. The molecule has 4 N–H and O–H groups in total. The van der Waals surface area contributed by atoms with Gasteiger partial charge >= 0.3 is 11.8 Å². The lowest BCUT2D eigenvalue weighted by molar-refractivity contribution is -0.140. The fourth-order valence-electron chi connectivity index (χ4n) is 0.887. The average molecular weight is 248 g/mol. The molecule has 2 amide bonds. The van der Waals surface area contributed by atoms with E-state index in [1.807, 2.05) is 0 Å². The third-order valence-electron chi connectivity index (χ3n) is 1.82. The fraction of sp³-hybridized carbons (Fsp3) is 0.800. The molecule has 0 aromatic rings. The van der Waals surface area contributed by atoms with E-state index in [1.54, 1.807) is 13.8 Å². The predicted molar refractivity (Wildman–Crippen MR) is 60.2 cm³/mol. The van der Waals surface area contributed by atoms with Crippen LogP contribution >= 0.6 is 0 Å². The normalized spacial score (nSPS) is 11.1. The summed E-state index contributed by atoms with van der Waals surface area (Å²) in [6.07, 6.45) is 0. The highest BCUT2D eigenvalue weighted by atomic mass is 16.5. The van der Waals surface area contributed by atoms with Gasteiger partial charge in [-0.2, -0.15) is 0 Å². The minimum atomic E-state index is -0.832. The van der Waals surface area contributed by atoms with E-state index in [0.29, 0.717) is 0 Å². The van der Waals surface area contributed by atoms with Crippen molar-refractivity contribution in [3.05, 3.63) is 0 Å². The molecular formula is C10H20N2O5. The fourth-order valence-corrected chi connectivity index (χ4v) is 0.887. The molecule has 7 heteroatoms. The largest absolute Gasteiger partial charge is 0.394 e. The summed E-state index contributed by atoms with van der Waals surface area (Å²) in [7, 11) is 0. The van der Waals surface area contributed by atoms with E-state index in [-0.39, 0.29) is 33.0 Å². The molecule has 0 atom stereocenters. The van der Waals surface area contributed by atoms with Crippen molar-refractivity contribution in [1.82, 2.24) is 10.6 Å². The Morgan fingerprint density at radius 2 is 1.82 bits per heavy atom. The molecule has 0 aliphatic heterocycles. The zero-order chi connectivity index (χ0) is 13.3. The van der Waals surface area contributed by atoms with Crippen LogP contribution in [-0.4, -0.2) is 60.5 Å². The second-order valence-corrected chi connectivity index (χ2v) is 4.09. The standard InChI is InChI=1S/C10H20N2O5/c1-10(2,7-14)12-9(16)8(15)11-3-5-17-6-4-13/h13-14H,3-7H2,1-2H3,(H,11,15)(H,12,16). The van der Waals surface area contributed by atoms with Gasteiger partial charge in [0.15, 0.2) is 0 Å². The Bertz CT molecular complexity index is 255. The zero-order valence-corrected chi connectivity index (χ0v) is 10.2. The number of nitrogens with one attached hydrogen (secondary N) is 2. The first-order valence-electron chi connectivity index (χ1n) is 5.33. The summed E-state index contributed by atoms with van der Waals surface area (Å²) >= 11 is 0. The van der Waals surface area contributed by atoms with Gasteiger partial charge in [0.1, 0.15) is 0 Å². The van der Waals surface area contributed by atoms with E-state index in [4.69, 9.17) is 14.9 Å². The summed E-state index contributed by atoms with van der Waals surface area (Å²) in [6, 6.07) is 0. The van der Waals surface area contributed by atoms with Crippen LogP contribution in [-0.2, 0) is 14.3 Å². The molecule has 0 aliphatic carbocycles. The summed E-state index contributed by atoms with van der Waals surface area (Å²) in [6.45, 7) is 3.46. The van der Waals surface area contributed by atoms with E-state index in [9.17, 15) is 9.59 Å². The monoisotopic (exact) mass is 248 g/mol. The highest BCUT2D eigenvalue weighted by Gasteiger charge is 2.23. The molecule has 0 heterocycles. The second kappa shape index (κ2) is 7.99. The Morgan fingerprint density at radius 1 is 1.18 bits per heavy atom. The van der Waals surface area contributed by atoms with Crippen molar-refractivity contribution in [3.63, 3.8) is 0 Å². The number of hydrogen-bond acceptors (Lipinski definition) is 5. The SMILES string of the molecule is CC(C)(CO)NC(=O)C(=O)NCCOCCO. The molecule has 0 saturated heterocycles. The van der Waals surface area contributed by atoms with Crippen molar-refractivity contribution in [3.8, 4) is 0 Å². The van der Waals surface area contributed by atoms with Crippen molar-refractivity contribution in [2.45, 2.75) is 19.4 Å². The molecule has 7 nitrogen and oxygen atoms in total. The number of hydrogen-bond donors (Lipinski definition) is 4. The first kappa shape index (κ1) is 15.8. The van der Waals surface area contributed by atoms with Crippen molar-refractivity contribution in [2.75, 3.05) is 33.0 Å². The quantitative estimate of drug-likeness (QED) is 0.308. The maximum atomic E-state index is 11.3. The number of carbonyl (C=O) groups excluding carboxylic acids is 2. The van der Waals surface area contributed by atoms with Crippen LogP contribution in [0.4, 0.5) is 0 Å². The number of aliphatic hydroxyl groups is 2. The molecule has 0 aromatic heterocycles. The van der Waals surface area contributed by atoms with Gasteiger partial charge in [-0.15, -0.1) is 0 Å². The Morgan fingerprint density at radius 3 is 2.35 bits per heavy atom. The maximum Gasteiger partial charge on any atom is 0.309 e. The average Bonchev–Trinajstić information content (AvgIpc) is 2.28. The van der Waals surface area contributed by atoms with Crippen molar-refractivity contribution in [2.24, 2.45) is 0 Å². The number of ether oxygens (including phenoxy) is 1. The molecule has 100 valence electrons. The number of amides is 2. The maximum absolute atomic E-state index is 11.3. The van der Waals surface area contributed by atoms with Crippen LogP contribution in [0.25, 0.3) is 0 Å². The van der Waals surface area contributed by atoms with Gasteiger partial charge in [0, 0.05) is 6.54 Å². The first-order chi connectivity index (χ1) is 7.93. The Hall–Kier alpha value is -1.18. The molecule has 0 unspecified atom stereocenters. The lowest BCUT2D eigenvalue weighted by Gasteiger charge is -2.22. The Kier molecular flexibility index (Phi) is 7.44. The molecule has 0 aromatic carbocycles. The smallest absolute Gasteiger partial charge is 0.309 e. The predicted octanol–water partition coefficient (Wildman–Crippen LogP) is -2.00. The van der Waals surface area contributed by atoms with Gasteiger partial charge in [-0.3, -0.25) is 9.59 Å². The summed E-state index contributed by atoms with van der Waals surface area (Å²) in [5.74, 6) is -1.58. The topological polar surface area (TPSA) is 108 Å². The van der Waals surface area contributed by atoms with Gasteiger partial charge in [0.2, 0.25) is 0 Å². The van der Waals surface area contributed by atoms with E-state index < -0.39 is 17.4 Å². The van der Waals surface area contributed by atoms with Gasteiger partial charge in [0.25, 0.3) is 0 Å². The van der Waals surface area contributed by atoms with Crippen molar-refractivity contribution in [1.29, 1.82) is 0 Å². The summed E-state index contributed by atoms with van der Waals surface area (Å²) in [5, 5.41) is 22.1. The highest BCUT2D eigenvalue weighted by molar-refractivity contribution is 6.35. The van der Waals surface area contributed by atoms with E-state index >= 15 is 0 Å². The molecule has 0 aliphatic rings. The lowest BCUT2D eigenvalue weighted by atomic mass is 10.1. The van der Waals surface area contributed by atoms with Crippen LogP contribution in [0.1, 0.15) is 13.8 Å². The minimum Gasteiger partial charge on any atom is -0.394 e. The molecule has 0 spiro atoms. The van der Waals surface area contributed by atoms with Gasteiger partial charge in [-0.25, -0.2) is 0 Å². The molecular weight excluding hydrogens is 228 g/mol. The van der Waals surface area contributed by atoms with Crippen molar-refractivity contribution < 1.29 is 24.5 Å². The molecule has 0 rings (SSSR count). The highest BCUT2D eigenvalue weighted by Crippen LogP contribution is 1.98. The molecule has 0 saturated carbocycles. The van der Waals surface area contributed by atoms with E-state index in [0.717, 1.165) is 0 Å². The van der Waals surface area contributed by atoms with Crippen LogP contribution in [0.15, 0.2) is 0 Å². The van der Waals surface area contributed by atoms with Crippen LogP contribution in [0, 0.1) is 0 Å².